The number of rotatable bonds is 5. The second-order valence-electron chi connectivity index (χ2n) is 3.63. The average Bonchev–Trinajstić information content (AvgIpc) is 2.88. The Hall–Kier alpha value is -2.34. The minimum atomic E-state index is -0.565. The molecule has 0 radical (unpaired) electrons. The quantitative estimate of drug-likeness (QED) is 0.832. The maximum atomic E-state index is 11.4. The van der Waals surface area contributed by atoms with Gasteiger partial charge in [-0.3, -0.25) is 0 Å². The molecule has 0 bridgehead atoms. The Balaban J connectivity index is 2.09. The van der Waals surface area contributed by atoms with E-state index in [2.05, 4.69) is 4.98 Å². The van der Waals surface area contributed by atoms with Gasteiger partial charge in [-0.2, -0.15) is 4.98 Å². The monoisotopic (exact) mass is 263 g/mol. The SMILES string of the molecule is CCOC(=O)c1coc(Oc2cccc(CO)c2)n1. The van der Waals surface area contributed by atoms with Crippen molar-refractivity contribution in [1.82, 2.24) is 4.98 Å². The normalized spacial score (nSPS) is 10.2. The molecule has 1 heterocycles. The fraction of sp³-hybridized carbons (Fsp3) is 0.231. The van der Waals surface area contributed by atoms with Crippen LogP contribution in [0.3, 0.4) is 0 Å². The number of aliphatic hydroxyl groups excluding tert-OH is 1. The number of hydrogen-bond donors (Lipinski definition) is 1. The van der Waals surface area contributed by atoms with Crippen LogP contribution in [0, 0.1) is 0 Å². The van der Waals surface area contributed by atoms with E-state index in [4.69, 9.17) is 19.0 Å². The van der Waals surface area contributed by atoms with E-state index in [0.717, 1.165) is 0 Å². The van der Waals surface area contributed by atoms with Crippen molar-refractivity contribution >= 4 is 5.97 Å². The van der Waals surface area contributed by atoms with Crippen molar-refractivity contribution in [1.29, 1.82) is 0 Å². The van der Waals surface area contributed by atoms with Crippen LogP contribution in [-0.4, -0.2) is 22.7 Å². The summed E-state index contributed by atoms with van der Waals surface area (Å²) >= 11 is 0. The third kappa shape index (κ3) is 3.32. The summed E-state index contributed by atoms with van der Waals surface area (Å²) in [6.45, 7) is 1.88. The standard InChI is InChI=1S/C13H13NO5/c1-2-17-12(16)11-8-18-13(14-11)19-10-5-3-4-9(6-10)7-15/h3-6,8,15H,2,7H2,1H3. The van der Waals surface area contributed by atoms with Gasteiger partial charge in [0.25, 0.3) is 0 Å². The van der Waals surface area contributed by atoms with Gasteiger partial charge >= 0.3 is 12.0 Å². The van der Waals surface area contributed by atoms with Crippen LogP contribution in [0.15, 0.2) is 34.9 Å². The van der Waals surface area contributed by atoms with Gasteiger partial charge in [0.2, 0.25) is 0 Å². The van der Waals surface area contributed by atoms with Gasteiger partial charge in [-0.15, -0.1) is 0 Å². The van der Waals surface area contributed by atoms with E-state index in [1.54, 1.807) is 31.2 Å². The lowest BCUT2D eigenvalue weighted by Gasteiger charge is -2.01. The van der Waals surface area contributed by atoms with E-state index in [0.29, 0.717) is 11.3 Å². The molecule has 100 valence electrons. The van der Waals surface area contributed by atoms with E-state index in [9.17, 15) is 4.79 Å². The smallest absolute Gasteiger partial charge is 0.399 e. The molecule has 1 aromatic carbocycles. The van der Waals surface area contributed by atoms with E-state index in [-0.39, 0.29) is 25.0 Å². The van der Waals surface area contributed by atoms with Crippen LogP contribution in [0.5, 0.6) is 11.8 Å². The van der Waals surface area contributed by atoms with Crippen molar-refractivity contribution in [2.24, 2.45) is 0 Å². The summed E-state index contributed by atoms with van der Waals surface area (Å²) in [4.78, 5) is 15.2. The Kier molecular flexibility index (Phi) is 4.15. The van der Waals surface area contributed by atoms with Gasteiger partial charge in [-0.1, -0.05) is 12.1 Å². The molecular formula is C13H13NO5. The number of oxazole rings is 1. The molecule has 0 saturated heterocycles. The highest BCUT2D eigenvalue weighted by Gasteiger charge is 2.14. The van der Waals surface area contributed by atoms with Crippen molar-refractivity contribution in [3.8, 4) is 11.8 Å². The molecule has 0 atom stereocenters. The van der Waals surface area contributed by atoms with Crippen molar-refractivity contribution < 1.29 is 23.8 Å². The summed E-state index contributed by atoms with van der Waals surface area (Å²) in [7, 11) is 0. The van der Waals surface area contributed by atoms with Crippen LogP contribution in [0.1, 0.15) is 23.0 Å². The highest BCUT2D eigenvalue weighted by atomic mass is 16.6. The van der Waals surface area contributed by atoms with E-state index >= 15 is 0 Å². The maximum absolute atomic E-state index is 11.4. The molecule has 6 heteroatoms. The van der Waals surface area contributed by atoms with E-state index in [1.165, 1.54) is 6.26 Å². The van der Waals surface area contributed by atoms with E-state index in [1.807, 2.05) is 0 Å². The topological polar surface area (TPSA) is 81.8 Å². The van der Waals surface area contributed by atoms with Gasteiger partial charge in [0, 0.05) is 0 Å². The van der Waals surface area contributed by atoms with Crippen LogP contribution in [0.25, 0.3) is 0 Å². The number of nitrogens with zero attached hydrogens (tertiary/aromatic N) is 1. The Morgan fingerprint density at radius 1 is 1.47 bits per heavy atom. The number of benzene rings is 1. The first-order valence-electron chi connectivity index (χ1n) is 5.73. The van der Waals surface area contributed by atoms with Crippen LogP contribution < -0.4 is 4.74 Å². The first-order valence-corrected chi connectivity index (χ1v) is 5.73. The predicted octanol–water partition coefficient (Wildman–Crippen LogP) is 2.14. The molecule has 0 saturated carbocycles. The summed E-state index contributed by atoms with van der Waals surface area (Å²) < 4.78 is 15.1. The zero-order valence-corrected chi connectivity index (χ0v) is 10.3. The van der Waals surface area contributed by atoms with Gasteiger partial charge in [0.05, 0.1) is 13.2 Å². The molecule has 0 aliphatic carbocycles. The van der Waals surface area contributed by atoms with Crippen molar-refractivity contribution in [3.05, 3.63) is 41.8 Å². The second-order valence-corrected chi connectivity index (χ2v) is 3.63. The van der Waals surface area contributed by atoms with Gasteiger partial charge < -0.3 is 19.0 Å². The Morgan fingerprint density at radius 3 is 3.05 bits per heavy atom. The predicted molar refractivity (Wildman–Crippen MR) is 64.9 cm³/mol. The minimum absolute atomic E-state index is 0.0511. The van der Waals surface area contributed by atoms with Gasteiger partial charge in [0.1, 0.15) is 12.0 Å². The Morgan fingerprint density at radius 2 is 2.32 bits per heavy atom. The third-order valence-corrected chi connectivity index (χ3v) is 2.25. The molecule has 1 N–H and O–H groups in total. The summed E-state index contributed by atoms with van der Waals surface area (Å²) in [5.41, 5.74) is 0.754. The number of carbonyl (C=O) groups excluding carboxylic acids is 1. The first kappa shape index (κ1) is 13.1. The molecule has 2 aromatic rings. The Bertz CT molecular complexity index is 564. The van der Waals surface area contributed by atoms with Crippen LogP contribution in [-0.2, 0) is 11.3 Å². The summed E-state index contributed by atoms with van der Waals surface area (Å²) in [6, 6.07) is 6.82. The molecule has 19 heavy (non-hydrogen) atoms. The summed E-state index contributed by atoms with van der Waals surface area (Å²) in [5, 5.41) is 9.01. The number of carbonyl (C=O) groups is 1. The van der Waals surface area contributed by atoms with Crippen LogP contribution >= 0.6 is 0 Å². The fourth-order valence-electron chi connectivity index (χ4n) is 1.41. The molecule has 0 spiro atoms. The lowest BCUT2D eigenvalue weighted by molar-refractivity contribution is 0.0519. The molecular weight excluding hydrogens is 250 g/mol. The minimum Gasteiger partial charge on any atom is -0.461 e. The number of aromatic nitrogens is 1. The van der Waals surface area contributed by atoms with E-state index < -0.39 is 5.97 Å². The lowest BCUT2D eigenvalue weighted by atomic mass is 10.2. The van der Waals surface area contributed by atoms with Gasteiger partial charge in [-0.25, -0.2) is 4.79 Å². The number of ether oxygens (including phenoxy) is 2. The van der Waals surface area contributed by atoms with Crippen molar-refractivity contribution in [2.45, 2.75) is 13.5 Å². The Labute approximate surface area is 109 Å². The van der Waals surface area contributed by atoms with Gasteiger partial charge in [-0.05, 0) is 24.6 Å². The highest BCUT2D eigenvalue weighted by molar-refractivity contribution is 5.86. The molecule has 0 amide bonds. The number of hydrogen-bond acceptors (Lipinski definition) is 6. The van der Waals surface area contributed by atoms with Crippen molar-refractivity contribution in [2.75, 3.05) is 6.61 Å². The molecule has 2 rings (SSSR count). The zero-order chi connectivity index (χ0) is 13.7. The molecule has 1 aromatic heterocycles. The number of aliphatic hydroxyl groups is 1. The maximum Gasteiger partial charge on any atom is 0.399 e. The molecule has 0 aliphatic rings. The van der Waals surface area contributed by atoms with Crippen molar-refractivity contribution in [3.63, 3.8) is 0 Å². The fourth-order valence-corrected chi connectivity index (χ4v) is 1.41. The average molecular weight is 263 g/mol. The molecule has 0 fully saturated rings. The largest absolute Gasteiger partial charge is 0.461 e. The molecule has 0 unspecified atom stereocenters. The molecule has 6 nitrogen and oxygen atoms in total. The number of esters is 1. The summed E-state index contributed by atoms with van der Waals surface area (Å²) in [5.74, 6) is -0.103. The third-order valence-electron chi connectivity index (χ3n) is 2.25. The highest BCUT2D eigenvalue weighted by Crippen LogP contribution is 2.21. The van der Waals surface area contributed by atoms with Crippen LogP contribution in [0.2, 0.25) is 0 Å². The van der Waals surface area contributed by atoms with Gasteiger partial charge in [0.15, 0.2) is 5.69 Å². The lowest BCUT2D eigenvalue weighted by Crippen LogP contribution is -2.04. The second kappa shape index (κ2) is 6.01. The summed E-state index contributed by atoms with van der Waals surface area (Å²) in [6.07, 6.45) is 1.11. The first-order chi connectivity index (χ1) is 9.22. The zero-order valence-electron chi connectivity index (χ0n) is 10.3. The van der Waals surface area contributed by atoms with Crippen LogP contribution in [0.4, 0.5) is 0 Å². The molecule has 0 aliphatic heterocycles.